The van der Waals surface area contributed by atoms with Crippen LogP contribution in [0.1, 0.15) is 11.1 Å². The van der Waals surface area contributed by atoms with Gasteiger partial charge in [0.1, 0.15) is 5.52 Å². The average molecular weight is 633 g/mol. The molecule has 0 amide bonds. The first kappa shape index (κ1) is 30.1. The van der Waals surface area contributed by atoms with Gasteiger partial charge in [-0.25, -0.2) is 0 Å². The van der Waals surface area contributed by atoms with E-state index in [9.17, 15) is 4.79 Å². The van der Waals surface area contributed by atoms with Crippen molar-refractivity contribution in [3.63, 3.8) is 0 Å². The molecule has 1 aliphatic rings. The van der Waals surface area contributed by atoms with Crippen molar-refractivity contribution in [1.82, 2.24) is 9.13 Å². The van der Waals surface area contributed by atoms with E-state index in [2.05, 4.69) is 4.57 Å². The summed E-state index contributed by atoms with van der Waals surface area (Å²) in [5, 5.41) is 1.68. The maximum absolute atomic E-state index is 15.0. The van der Waals surface area contributed by atoms with E-state index in [1.54, 1.807) is 42.7 Å². The molecular weight excluding hydrogens is 596 g/mol. The summed E-state index contributed by atoms with van der Waals surface area (Å²) in [6.07, 6.45) is 0.708. The lowest BCUT2D eigenvalue weighted by atomic mass is 9.91. The molecule has 7 rings (SSSR count). The van der Waals surface area contributed by atoms with Crippen molar-refractivity contribution in [2.45, 2.75) is 19.5 Å². The third kappa shape index (κ3) is 4.72. The Morgan fingerprint density at radius 1 is 0.660 bits per heavy atom. The molecule has 1 aliphatic heterocycles. The van der Waals surface area contributed by atoms with Crippen LogP contribution < -0.4 is 34.0 Å². The van der Waals surface area contributed by atoms with E-state index in [0.717, 1.165) is 49.8 Å². The second-order valence-corrected chi connectivity index (χ2v) is 11.4. The Morgan fingerprint density at radius 2 is 1.28 bits per heavy atom. The van der Waals surface area contributed by atoms with Crippen molar-refractivity contribution in [3.8, 4) is 56.9 Å². The third-order valence-electron chi connectivity index (χ3n) is 9.10. The zero-order valence-corrected chi connectivity index (χ0v) is 27.3. The van der Waals surface area contributed by atoms with E-state index >= 15 is 0 Å². The number of fused-ring (bicyclic) bond motifs is 7. The molecule has 0 radical (unpaired) electrons. The molecule has 0 bridgehead atoms. The summed E-state index contributed by atoms with van der Waals surface area (Å²) in [6.45, 7) is 0.983. The fourth-order valence-electron chi connectivity index (χ4n) is 6.91. The highest BCUT2D eigenvalue weighted by molar-refractivity contribution is 6.17. The molecule has 240 valence electrons. The lowest BCUT2D eigenvalue weighted by Gasteiger charge is -2.23. The average Bonchev–Trinajstić information content (AvgIpc) is 3.48. The van der Waals surface area contributed by atoms with Gasteiger partial charge >= 0.3 is 0 Å². The molecule has 0 N–H and O–H groups in total. The predicted molar refractivity (Wildman–Crippen MR) is 183 cm³/mol. The number of nitrogens with zero attached hydrogens (tertiary/aromatic N) is 2. The molecule has 2 aromatic heterocycles. The fourth-order valence-corrected chi connectivity index (χ4v) is 6.91. The minimum absolute atomic E-state index is 0.0968. The predicted octanol–water partition coefficient (Wildman–Crippen LogP) is 6.95. The molecule has 47 heavy (non-hydrogen) atoms. The van der Waals surface area contributed by atoms with Crippen molar-refractivity contribution in [1.29, 1.82) is 0 Å². The number of aromatic nitrogens is 2. The van der Waals surface area contributed by atoms with Crippen LogP contribution in [0.3, 0.4) is 0 Å². The number of aryl methyl sites for hydroxylation is 2. The molecule has 0 saturated heterocycles. The molecule has 9 nitrogen and oxygen atoms in total. The van der Waals surface area contributed by atoms with Crippen LogP contribution in [0.4, 0.5) is 0 Å². The van der Waals surface area contributed by atoms with Crippen LogP contribution in [0.2, 0.25) is 0 Å². The maximum atomic E-state index is 15.0. The monoisotopic (exact) mass is 632 g/mol. The van der Waals surface area contributed by atoms with Crippen molar-refractivity contribution >= 4 is 21.8 Å². The molecule has 0 saturated carbocycles. The second kappa shape index (κ2) is 12.0. The van der Waals surface area contributed by atoms with E-state index < -0.39 is 0 Å². The summed E-state index contributed by atoms with van der Waals surface area (Å²) in [6, 6.07) is 23.8. The highest BCUT2D eigenvalue weighted by Crippen LogP contribution is 2.50. The van der Waals surface area contributed by atoms with Crippen molar-refractivity contribution in [2.75, 3.05) is 42.7 Å². The van der Waals surface area contributed by atoms with Gasteiger partial charge in [-0.05, 0) is 53.4 Å². The van der Waals surface area contributed by atoms with Gasteiger partial charge in [0.15, 0.2) is 34.5 Å². The number of hydrogen-bond donors (Lipinski definition) is 0. The van der Waals surface area contributed by atoms with Gasteiger partial charge in [0.05, 0.1) is 60.4 Å². The Labute approximate surface area is 272 Å². The van der Waals surface area contributed by atoms with Gasteiger partial charge in [-0.1, -0.05) is 36.4 Å². The summed E-state index contributed by atoms with van der Waals surface area (Å²) in [7, 11) is 9.74. The number of pyridine rings is 1. The zero-order chi connectivity index (χ0) is 32.8. The summed E-state index contributed by atoms with van der Waals surface area (Å²) in [4.78, 5) is 15.0. The van der Waals surface area contributed by atoms with E-state index in [0.29, 0.717) is 59.5 Å². The van der Waals surface area contributed by atoms with Crippen LogP contribution in [-0.4, -0.2) is 51.8 Å². The van der Waals surface area contributed by atoms with E-state index in [1.807, 2.05) is 77.4 Å². The van der Waals surface area contributed by atoms with Crippen LogP contribution in [0.25, 0.3) is 44.2 Å². The van der Waals surface area contributed by atoms with E-state index in [1.165, 1.54) is 0 Å². The highest BCUT2D eigenvalue weighted by Gasteiger charge is 2.31. The van der Waals surface area contributed by atoms with Crippen molar-refractivity contribution in [2.24, 2.45) is 0 Å². The van der Waals surface area contributed by atoms with Gasteiger partial charge in [0.2, 0.25) is 0 Å². The summed E-state index contributed by atoms with van der Waals surface area (Å²) < 4.78 is 38.4. The molecule has 0 spiro atoms. The minimum Gasteiger partial charge on any atom is -0.493 e. The molecule has 0 aliphatic carbocycles. The van der Waals surface area contributed by atoms with Gasteiger partial charge in [-0.2, -0.15) is 0 Å². The molecule has 0 atom stereocenters. The van der Waals surface area contributed by atoms with Crippen LogP contribution in [0, 0.1) is 0 Å². The quantitative estimate of drug-likeness (QED) is 0.171. The lowest BCUT2D eigenvalue weighted by Crippen LogP contribution is -2.24. The number of ether oxygens (including phenoxy) is 6. The standard InChI is InChI=1S/C38H36N2O7/c1-42-28-13-12-24(17-29(28)43-2)34-35-26-19-32(46-5)33(47-6)20-27(26)40(21-22-10-8-7-9-11-22)38(41)37(35)39-15-14-23-16-30(44-3)31(45-4)18-25(23)36(34)39/h7-13,16-20H,14-15,21H2,1-6H3. The first-order valence-corrected chi connectivity index (χ1v) is 15.3. The van der Waals surface area contributed by atoms with E-state index in [4.69, 9.17) is 28.4 Å². The normalized spacial score (nSPS) is 12.0. The topological polar surface area (TPSA) is 82.3 Å². The molecular formula is C38H36N2O7. The minimum atomic E-state index is -0.0968. The Bertz CT molecular complexity index is 2220. The fraction of sp³-hybridized carbons (Fsp3) is 0.237. The number of hydrogen-bond acceptors (Lipinski definition) is 7. The molecule has 6 aromatic rings. The van der Waals surface area contributed by atoms with Gasteiger partial charge in [-0.15, -0.1) is 0 Å². The van der Waals surface area contributed by atoms with Crippen molar-refractivity contribution < 1.29 is 28.4 Å². The smallest absolute Gasteiger partial charge is 0.275 e. The molecule has 9 heteroatoms. The van der Waals surface area contributed by atoms with Gasteiger partial charge < -0.3 is 37.6 Å². The largest absolute Gasteiger partial charge is 0.493 e. The lowest BCUT2D eigenvalue weighted by molar-refractivity contribution is 0.354. The first-order valence-electron chi connectivity index (χ1n) is 15.3. The Morgan fingerprint density at radius 3 is 1.96 bits per heavy atom. The van der Waals surface area contributed by atoms with Gasteiger partial charge in [-0.3, -0.25) is 4.79 Å². The second-order valence-electron chi connectivity index (χ2n) is 11.4. The SMILES string of the molecule is COc1ccc(-c2c3n(c4c(=O)n(Cc5ccccc5)c5cc(OC)c(OC)cc5c24)CCc2cc(OC)c(OC)cc2-3)cc1OC. The van der Waals surface area contributed by atoms with Gasteiger partial charge in [0, 0.05) is 34.5 Å². The summed E-state index contributed by atoms with van der Waals surface area (Å²) >= 11 is 0. The van der Waals surface area contributed by atoms with Crippen LogP contribution >= 0.6 is 0 Å². The summed E-state index contributed by atoms with van der Waals surface area (Å²) in [5.74, 6) is 3.58. The van der Waals surface area contributed by atoms with E-state index in [-0.39, 0.29) is 5.56 Å². The van der Waals surface area contributed by atoms with Crippen molar-refractivity contribution in [3.05, 3.63) is 94.3 Å². The number of benzene rings is 4. The van der Waals surface area contributed by atoms with Gasteiger partial charge in [0.25, 0.3) is 5.56 Å². The third-order valence-corrected chi connectivity index (χ3v) is 9.10. The summed E-state index contributed by atoms with van der Waals surface area (Å²) in [5.41, 5.74) is 7.03. The molecule has 3 heterocycles. The molecule has 0 unspecified atom stereocenters. The maximum Gasteiger partial charge on any atom is 0.275 e. The Kier molecular flexibility index (Phi) is 7.67. The number of methoxy groups -OCH3 is 6. The zero-order valence-electron chi connectivity index (χ0n) is 27.3. The molecule has 0 fully saturated rings. The van der Waals surface area contributed by atoms with Crippen LogP contribution in [0.15, 0.2) is 77.6 Å². The Hall–Kier alpha value is -5.57. The van der Waals surface area contributed by atoms with Crippen LogP contribution in [-0.2, 0) is 19.5 Å². The highest BCUT2D eigenvalue weighted by atomic mass is 16.5. The first-order chi connectivity index (χ1) is 23.0. The van der Waals surface area contributed by atoms with Crippen LogP contribution in [0.5, 0.6) is 34.5 Å². The molecule has 4 aromatic carbocycles. The Balaban J connectivity index is 1.69. The number of rotatable bonds is 9.